The number of carbonyl (C=O) groups excluding carboxylic acids is 2. The van der Waals surface area contributed by atoms with Crippen molar-refractivity contribution in [3.05, 3.63) is 53.8 Å². The third-order valence-corrected chi connectivity index (χ3v) is 4.12. The maximum atomic E-state index is 13.8. The number of benzene rings is 2. The average molecular weight is 374 g/mol. The number of hydrogen-bond acceptors (Lipinski definition) is 6. The summed E-state index contributed by atoms with van der Waals surface area (Å²) in [4.78, 5) is 24.6. The zero-order valence-corrected chi connectivity index (χ0v) is 14.6. The monoisotopic (exact) mass is 374 g/mol. The first-order valence-electron chi connectivity index (χ1n) is 7.44. The van der Waals surface area contributed by atoms with Crippen molar-refractivity contribution >= 4 is 29.3 Å². The standard InChI is InChI=1S/C18H15FN2O4S/c1-24-12-6-7-13(14(19)10-12)18(23)25-11-17(22)21-15-4-2-3-5-16(15)26-9-8-20/h2-7,10H,9,11H2,1H3,(H,21,22). The molecule has 0 radical (unpaired) electrons. The van der Waals surface area contributed by atoms with E-state index in [1.54, 1.807) is 24.3 Å². The second-order valence-electron chi connectivity index (χ2n) is 4.91. The molecule has 134 valence electrons. The molecule has 2 rings (SSSR count). The molecule has 0 aliphatic rings. The van der Waals surface area contributed by atoms with Gasteiger partial charge in [-0.1, -0.05) is 12.1 Å². The van der Waals surface area contributed by atoms with Gasteiger partial charge in [-0.3, -0.25) is 4.79 Å². The van der Waals surface area contributed by atoms with Crippen LogP contribution in [-0.2, 0) is 9.53 Å². The van der Waals surface area contributed by atoms with Crippen LogP contribution >= 0.6 is 11.8 Å². The topological polar surface area (TPSA) is 88.4 Å². The van der Waals surface area contributed by atoms with E-state index in [-0.39, 0.29) is 17.1 Å². The Hall–Kier alpha value is -3.05. The zero-order chi connectivity index (χ0) is 18.9. The van der Waals surface area contributed by atoms with Crippen LogP contribution in [0.15, 0.2) is 47.4 Å². The summed E-state index contributed by atoms with van der Waals surface area (Å²) in [6.45, 7) is -0.568. The first-order valence-corrected chi connectivity index (χ1v) is 8.43. The van der Waals surface area contributed by atoms with Crippen LogP contribution in [0.3, 0.4) is 0 Å². The first-order chi connectivity index (χ1) is 12.5. The highest BCUT2D eigenvalue weighted by atomic mass is 32.2. The summed E-state index contributed by atoms with van der Waals surface area (Å²) in [5, 5.41) is 11.3. The predicted octanol–water partition coefficient (Wildman–Crippen LogP) is 3.25. The summed E-state index contributed by atoms with van der Waals surface area (Å²) < 4.78 is 23.5. The van der Waals surface area contributed by atoms with Gasteiger partial charge in [0, 0.05) is 11.0 Å². The van der Waals surface area contributed by atoms with Gasteiger partial charge < -0.3 is 14.8 Å². The lowest BCUT2D eigenvalue weighted by molar-refractivity contribution is -0.119. The van der Waals surface area contributed by atoms with Crippen molar-refractivity contribution in [2.24, 2.45) is 0 Å². The van der Waals surface area contributed by atoms with E-state index in [1.807, 2.05) is 6.07 Å². The van der Waals surface area contributed by atoms with Gasteiger partial charge in [0.05, 0.1) is 30.2 Å². The number of thioether (sulfide) groups is 1. The predicted molar refractivity (Wildman–Crippen MR) is 94.6 cm³/mol. The van der Waals surface area contributed by atoms with Gasteiger partial charge in [0.15, 0.2) is 6.61 Å². The van der Waals surface area contributed by atoms with E-state index in [9.17, 15) is 14.0 Å². The van der Waals surface area contributed by atoms with Crippen LogP contribution in [0.5, 0.6) is 5.75 Å². The molecule has 26 heavy (non-hydrogen) atoms. The number of nitriles is 1. The number of esters is 1. The number of rotatable bonds is 7. The fraction of sp³-hybridized carbons (Fsp3) is 0.167. The maximum Gasteiger partial charge on any atom is 0.341 e. The number of para-hydroxylation sites is 1. The third-order valence-electron chi connectivity index (χ3n) is 3.18. The Labute approximate surface area is 153 Å². The van der Waals surface area contributed by atoms with Crippen LogP contribution in [0.4, 0.5) is 10.1 Å². The fourth-order valence-corrected chi connectivity index (χ4v) is 2.66. The number of methoxy groups -OCH3 is 1. The van der Waals surface area contributed by atoms with E-state index in [4.69, 9.17) is 14.7 Å². The Bertz CT molecular complexity index is 851. The van der Waals surface area contributed by atoms with Crippen molar-refractivity contribution in [2.75, 3.05) is 24.8 Å². The fourth-order valence-electron chi connectivity index (χ4n) is 1.99. The molecule has 0 fully saturated rings. The van der Waals surface area contributed by atoms with Crippen molar-refractivity contribution < 1.29 is 23.5 Å². The van der Waals surface area contributed by atoms with E-state index in [0.717, 1.165) is 11.0 Å². The van der Waals surface area contributed by atoms with E-state index in [1.165, 1.54) is 31.0 Å². The van der Waals surface area contributed by atoms with Gasteiger partial charge >= 0.3 is 5.97 Å². The Kier molecular flexibility index (Phi) is 7.00. The summed E-state index contributed by atoms with van der Waals surface area (Å²) in [5.74, 6) is -1.82. The van der Waals surface area contributed by atoms with Crippen LogP contribution in [0.25, 0.3) is 0 Å². The average Bonchev–Trinajstić information content (AvgIpc) is 2.65. The number of hydrogen-bond donors (Lipinski definition) is 1. The second-order valence-corrected chi connectivity index (χ2v) is 5.93. The second kappa shape index (κ2) is 9.44. The summed E-state index contributed by atoms with van der Waals surface area (Å²) in [6.07, 6.45) is 0. The molecule has 0 saturated carbocycles. The molecule has 2 aromatic rings. The van der Waals surface area contributed by atoms with E-state index in [2.05, 4.69) is 5.32 Å². The van der Waals surface area contributed by atoms with Gasteiger partial charge in [-0.25, -0.2) is 9.18 Å². The van der Waals surface area contributed by atoms with Crippen LogP contribution in [0, 0.1) is 17.1 Å². The summed E-state index contributed by atoms with van der Waals surface area (Å²) in [5.41, 5.74) is 0.216. The maximum absolute atomic E-state index is 13.8. The molecule has 8 heteroatoms. The minimum atomic E-state index is -0.951. The molecule has 0 bridgehead atoms. The molecule has 0 aliphatic heterocycles. The van der Waals surface area contributed by atoms with Gasteiger partial charge in [0.1, 0.15) is 11.6 Å². The van der Waals surface area contributed by atoms with E-state index >= 15 is 0 Å². The molecular weight excluding hydrogens is 359 g/mol. The molecule has 6 nitrogen and oxygen atoms in total. The number of carbonyl (C=O) groups is 2. The van der Waals surface area contributed by atoms with Crippen molar-refractivity contribution in [3.8, 4) is 11.8 Å². The van der Waals surface area contributed by atoms with Gasteiger partial charge in [-0.2, -0.15) is 5.26 Å². The van der Waals surface area contributed by atoms with Crippen molar-refractivity contribution in [1.82, 2.24) is 0 Å². The molecule has 2 aromatic carbocycles. The molecule has 0 atom stereocenters. The lowest BCUT2D eigenvalue weighted by Gasteiger charge is -2.10. The molecule has 1 N–H and O–H groups in total. The number of halogens is 1. The Morgan fingerprint density at radius 1 is 1.27 bits per heavy atom. The number of anilines is 1. The highest BCUT2D eigenvalue weighted by Crippen LogP contribution is 2.26. The molecular formula is C18H15FN2O4S. The highest BCUT2D eigenvalue weighted by Gasteiger charge is 2.16. The minimum absolute atomic E-state index is 0.235. The highest BCUT2D eigenvalue weighted by molar-refractivity contribution is 7.99. The smallest absolute Gasteiger partial charge is 0.341 e. The molecule has 0 aliphatic carbocycles. The molecule has 0 spiro atoms. The Morgan fingerprint density at radius 2 is 2.04 bits per heavy atom. The quantitative estimate of drug-likeness (QED) is 0.591. The molecule has 0 saturated heterocycles. The number of ether oxygens (including phenoxy) is 2. The first kappa shape index (κ1) is 19.3. The van der Waals surface area contributed by atoms with Crippen LogP contribution in [-0.4, -0.2) is 31.3 Å². The lowest BCUT2D eigenvalue weighted by atomic mass is 10.2. The third kappa shape index (κ3) is 5.22. The molecule has 1 amide bonds. The van der Waals surface area contributed by atoms with Crippen molar-refractivity contribution in [3.63, 3.8) is 0 Å². The zero-order valence-electron chi connectivity index (χ0n) is 13.8. The van der Waals surface area contributed by atoms with Crippen molar-refractivity contribution in [2.45, 2.75) is 4.90 Å². The SMILES string of the molecule is COc1ccc(C(=O)OCC(=O)Nc2ccccc2SCC#N)c(F)c1. The number of nitrogens with zero attached hydrogens (tertiary/aromatic N) is 1. The van der Waals surface area contributed by atoms with Crippen LogP contribution in [0.1, 0.15) is 10.4 Å². The minimum Gasteiger partial charge on any atom is -0.497 e. The summed E-state index contributed by atoms with van der Waals surface area (Å²) in [7, 11) is 1.38. The van der Waals surface area contributed by atoms with Crippen LogP contribution in [0.2, 0.25) is 0 Å². The normalized spacial score (nSPS) is 9.88. The summed E-state index contributed by atoms with van der Waals surface area (Å²) in [6, 6.07) is 12.6. The van der Waals surface area contributed by atoms with E-state index < -0.39 is 24.3 Å². The molecule has 0 unspecified atom stereocenters. The lowest BCUT2D eigenvalue weighted by Crippen LogP contribution is -2.21. The summed E-state index contributed by atoms with van der Waals surface area (Å²) >= 11 is 1.27. The molecule has 0 heterocycles. The van der Waals surface area contributed by atoms with E-state index in [0.29, 0.717) is 5.69 Å². The van der Waals surface area contributed by atoms with Gasteiger partial charge in [-0.15, -0.1) is 11.8 Å². The largest absolute Gasteiger partial charge is 0.497 e. The molecule has 0 aromatic heterocycles. The van der Waals surface area contributed by atoms with Crippen molar-refractivity contribution in [1.29, 1.82) is 5.26 Å². The number of amides is 1. The van der Waals surface area contributed by atoms with Gasteiger partial charge in [0.25, 0.3) is 5.91 Å². The van der Waals surface area contributed by atoms with Crippen LogP contribution < -0.4 is 10.1 Å². The Morgan fingerprint density at radius 3 is 2.73 bits per heavy atom. The number of nitrogens with one attached hydrogen (secondary N) is 1. The Balaban J connectivity index is 1.95. The van der Waals surface area contributed by atoms with Gasteiger partial charge in [0.2, 0.25) is 0 Å². The van der Waals surface area contributed by atoms with Gasteiger partial charge in [-0.05, 0) is 24.3 Å².